The number of thiophene rings is 2. The van der Waals surface area contributed by atoms with Crippen LogP contribution in [0.4, 0.5) is 0 Å². The molecule has 0 aliphatic rings. The molecule has 0 N–H and O–H groups in total. The Balaban J connectivity index is 1.75. The maximum Gasteiger partial charge on any atom is 0.243 e. The van der Waals surface area contributed by atoms with Crippen LogP contribution in [0.1, 0.15) is 9.75 Å². The van der Waals surface area contributed by atoms with E-state index in [9.17, 15) is 13.2 Å². The summed E-state index contributed by atoms with van der Waals surface area (Å²) in [5.41, 5.74) is 0. The van der Waals surface area contributed by atoms with E-state index in [-0.39, 0.29) is 17.3 Å². The van der Waals surface area contributed by atoms with E-state index in [0.717, 1.165) is 14.1 Å². The number of hydrogen-bond donors (Lipinski definition) is 0. The van der Waals surface area contributed by atoms with Gasteiger partial charge in [0.2, 0.25) is 15.9 Å². The maximum atomic E-state index is 12.9. The van der Waals surface area contributed by atoms with Gasteiger partial charge in [-0.3, -0.25) is 4.79 Å². The fourth-order valence-electron chi connectivity index (χ4n) is 2.58. The third kappa shape index (κ3) is 5.21. The minimum Gasteiger partial charge on any atom is -0.331 e. The Hall–Kier alpha value is -1.71. The molecule has 0 aliphatic carbocycles. The van der Waals surface area contributed by atoms with E-state index >= 15 is 0 Å². The summed E-state index contributed by atoms with van der Waals surface area (Å²) in [6.07, 6.45) is 0. The lowest BCUT2D eigenvalue weighted by molar-refractivity contribution is -0.132. The highest BCUT2D eigenvalue weighted by Crippen LogP contribution is 2.20. The van der Waals surface area contributed by atoms with Crippen LogP contribution >= 0.6 is 34.3 Å². The zero-order chi connectivity index (χ0) is 20.1. The first kappa shape index (κ1) is 21.0. The third-order valence-corrected chi connectivity index (χ3v) is 7.88. The molecule has 148 valence electrons. The molecule has 5 nitrogen and oxygen atoms in total. The van der Waals surface area contributed by atoms with E-state index in [1.165, 1.54) is 31.3 Å². The van der Waals surface area contributed by atoms with Crippen molar-refractivity contribution in [2.75, 3.05) is 13.6 Å². The van der Waals surface area contributed by atoms with Crippen LogP contribution in [0.3, 0.4) is 0 Å². The maximum absolute atomic E-state index is 12.9. The Bertz CT molecular complexity index is 965. The zero-order valence-electron chi connectivity index (χ0n) is 15.1. The standard InChI is InChI=1S/C19H19ClN2O3S3/c1-21(28(24,25)18-8-6-15(20)7-9-18)14-19(23)22(12-16-4-2-10-26-16)13-17-5-3-11-27-17/h2-11H,12-14H2,1H3. The molecule has 0 saturated heterocycles. The molecular formula is C19H19ClN2O3S3. The van der Waals surface area contributed by atoms with Crippen molar-refractivity contribution in [1.82, 2.24) is 9.21 Å². The number of carbonyl (C=O) groups excluding carboxylic acids is 1. The van der Waals surface area contributed by atoms with Gasteiger partial charge in [-0.1, -0.05) is 23.7 Å². The molecule has 3 aromatic rings. The third-order valence-electron chi connectivity index (χ3n) is 4.09. The fourth-order valence-corrected chi connectivity index (χ4v) is 5.26. The Kier molecular flexibility index (Phi) is 6.90. The molecule has 1 aromatic carbocycles. The predicted octanol–water partition coefficient (Wildman–Crippen LogP) is 4.31. The summed E-state index contributed by atoms with van der Waals surface area (Å²) in [7, 11) is -2.36. The highest BCUT2D eigenvalue weighted by atomic mass is 35.5. The molecule has 3 rings (SSSR count). The van der Waals surface area contributed by atoms with Crippen molar-refractivity contribution in [2.24, 2.45) is 0 Å². The molecule has 0 bridgehead atoms. The average molecular weight is 455 g/mol. The van der Waals surface area contributed by atoms with Crippen molar-refractivity contribution in [3.05, 3.63) is 74.1 Å². The Morgan fingerprint density at radius 3 is 1.96 bits per heavy atom. The summed E-state index contributed by atoms with van der Waals surface area (Å²) in [5, 5.41) is 4.37. The van der Waals surface area contributed by atoms with Crippen LogP contribution in [0.15, 0.2) is 64.2 Å². The molecule has 0 radical (unpaired) electrons. The van der Waals surface area contributed by atoms with Crippen molar-refractivity contribution >= 4 is 50.2 Å². The van der Waals surface area contributed by atoms with Gasteiger partial charge < -0.3 is 4.90 Å². The topological polar surface area (TPSA) is 57.7 Å². The molecule has 0 atom stereocenters. The lowest BCUT2D eigenvalue weighted by atomic mass is 10.3. The van der Waals surface area contributed by atoms with Crippen LogP contribution < -0.4 is 0 Å². The SMILES string of the molecule is CN(CC(=O)N(Cc1cccs1)Cc1cccs1)S(=O)(=O)c1ccc(Cl)cc1. The number of carbonyl (C=O) groups is 1. The molecule has 0 aliphatic heterocycles. The van der Waals surface area contributed by atoms with Crippen LogP contribution in [0.5, 0.6) is 0 Å². The summed E-state index contributed by atoms with van der Waals surface area (Å²) in [6, 6.07) is 13.7. The number of amides is 1. The molecule has 2 aromatic heterocycles. The quantitative estimate of drug-likeness (QED) is 0.509. The summed E-state index contributed by atoms with van der Waals surface area (Å²) in [5.74, 6) is -0.248. The first-order valence-electron chi connectivity index (χ1n) is 8.41. The van der Waals surface area contributed by atoms with Gasteiger partial charge in [0.05, 0.1) is 24.5 Å². The van der Waals surface area contributed by atoms with E-state index in [1.807, 2.05) is 35.0 Å². The summed E-state index contributed by atoms with van der Waals surface area (Å²) < 4.78 is 26.6. The van der Waals surface area contributed by atoms with Crippen molar-refractivity contribution in [2.45, 2.75) is 18.0 Å². The lowest BCUT2D eigenvalue weighted by Gasteiger charge is -2.25. The van der Waals surface area contributed by atoms with Gasteiger partial charge in [-0.15, -0.1) is 22.7 Å². The highest BCUT2D eigenvalue weighted by Gasteiger charge is 2.25. The van der Waals surface area contributed by atoms with Crippen LogP contribution in [0, 0.1) is 0 Å². The zero-order valence-corrected chi connectivity index (χ0v) is 18.3. The number of hydrogen-bond acceptors (Lipinski definition) is 5. The van der Waals surface area contributed by atoms with E-state index in [2.05, 4.69) is 0 Å². The minimum absolute atomic E-state index is 0.107. The molecule has 9 heteroatoms. The van der Waals surface area contributed by atoms with Gasteiger partial charge in [0.1, 0.15) is 0 Å². The van der Waals surface area contributed by atoms with Crippen LogP contribution in [-0.4, -0.2) is 37.1 Å². The van der Waals surface area contributed by atoms with Gasteiger partial charge in [-0.25, -0.2) is 8.42 Å². The van der Waals surface area contributed by atoms with E-state index in [0.29, 0.717) is 18.1 Å². The number of likely N-dealkylation sites (N-methyl/N-ethyl adjacent to an activating group) is 1. The lowest BCUT2D eigenvalue weighted by Crippen LogP contribution is -2.40. The fraction of sp³-hybridized carbons (Fsp3) is 0.211. The van der Waals surface area contributed by atoms with Gasteiger partial charge in [0.15, 0.2) is 0 Å². The molecule has 0 spiro atoms. The number of halogens is 1. The first-order chi connectivity index (χ1) is 13.4. The van der Waals surface area contributed by atoms with Crippen molar-refractivity contribution in [3.63, 3.8) is 0 Å². The minimum atomic E-state index is -3.78. The highest BCUT2D eigenvalue weighted by molar-refractivity contribution is 7.89. The molecule has 0 fully saturated rings. The summed E-state index contributed by atoms with van der Waals surface area (Å²) in [4.78, 5) is 16.8. The molecule has 2 heterocycles. The Labute approximate surface area is 177 Å². The normalized spacial score (nSPS) is 11.7. The molecule has 0 saturated carbocycles. The monoisotopic (exact) mass is 454 g/mol. The molecule has 28 heavy (non-hydrogen) atoms. The van der Waals surface area contributed by atoms with E-state index < -0.39 is 10.0 Å². The van der Waals surface area contributed by atoms with Gasteiger partial charge in [0, 0.05) is 21.8 Å². The van der Waals surface area contributed by atoms with Crippen LogP contribution in [-0.2, 0) is 27.9 Å². The van der Waals surface area contributed by atoms with Gasteiger partial charge in [-0.2, -0.15) is 4.31 Å². The van der Waals surface area contributed by atoms with Crippen molar-refractivity contribution in [1.29, 1.82) is 0 Å². The second kappa shape index (κ2) is 9.19. The molecule has 1 amide bonds. The van der Waals surface area contributed by atoms with Gasteiger partial charge in [0.25, 0.3) is 0 Å². The number of nitrogens with zero attached hydrogens (tertiary/aromatic N) is 2. The largest absolute Gasteiger partial charge is 0.331 e. The number of sulfonamides is 1. The van der Waals surface area contributed by atoms with E-state index in [4.69, 9.17) is 11.6 Å². The van der Waals surface area contributed by atoms with Crippen molar-refractivity contribution in [3.8, 4) is 0 Å². The molecule has 0 unspecified atom stereocenters. The first-order valence-corrected chi connectivity index (χ1v) is 12.0. The number of rotatable bonds is 8. The van der Waals surface area contributed by atoms with Gasteiger partial charge >= 0.3 is 0 Å². The van der Waals surface area contributed by atoms with Crippen LogP contribution in [0.2, 0.25) is 5.02 Å². The summed E-state index contributed by atoms with van der Waals surface area (Å²) in [6.45, 7) is 0.661. The second-order valence-electron chi connectivity index (χ2n) is 6.12. The average Bonchev–Trinajstić information content (AvgIpc) is 3.35. The predicted molar refractivity (Wildman–Crippen MR) is 114 cm³/mol. The molecular weight excluding hydrogens is 436 g/mol. The Morgan fingerprint density at radius 1 is 0.964 bits per heavy atom. The number of benzene rings is 1. The summed E-state index contributed by atoms with van der Waals surface area (Å²) >= 11 is 8.97. The Morgan fingerprint density at radius 2 is 1.50 bits per heavy atom. The second-order valence-corrected chi connectivity index (χ2v) is 10.7. The van der Waals surface area contributed by atoms with E-state index in [1.54, 1.807) is 27.6 Å². The van der Waals surface area contributed by atoms with Gasteiger partial charge in [-0.05, 0) is 47.2 Å². The smallest absolute Gasteiger partial charge is 0.243 e. The van der Waals surface area contributed by atoms with Crippen molar-refractivity contribution < 1.29 is 13.2 Å². The van der Waals surface area contributed by atoms with Crippen LogP contribution in [0.25, 0.3) is 0 Å².